The fraction of sp³-hybridized carbons (Fsp3) is 0.562. The molecule has 2 atom stereocenters. The van der Waals surface area contributed by atoms with Crippen LogP contribution in [0.1, 0.15) is 25.8 Å². The highest BCUT2D eigenvalue weighted by Gasteiger charge is 2.31. The molecule has 7 heteroatoms. The number of benzene rings is 1. The molecule has 0 aliphatic carbocycles. The van der Waals surface area contributed by atoms with Crippen molar-refractivity contribution in [3.63, 3.8) is 0 Å². The van der Waals surface area contributed by atoms with E-state index in [2.05, 4.69) is 33.1 Å². The Bertz CT molecular complexity index is 497. The highest BCUT2D eigenvalue weighted by molar-refractivity contribution is 9.10. The lowest BCUT2D eigenvalue weighted by Crippen LogP contribution is -2.50. The van der Waals surface area contributed by atoms with Gasteiger partial charge in [-0.2, -0.15) is 0 Å². The van der Waals surface area contributed by atoms with Crippen molar-refractivity contribution in [3.05, 3.63) is 34.3 Å². The summed E-state index contributed by atoms with van der Waals surface area (Å²) in [7, 11) is 0. The number of carbonyl (C=O) groups is 1. The van der Waals surface area contributed by atoms with Gasteiger partial charge in [-0.1, -0.05) is 35.0 Å². The summed E-state index contributed by atoms with van der Waals surface area (Å²) < 4.78 is 0.980. The molecular formula is C16H26BrCl2N3O. The number of rotatable bonds is 5. The lowest BCUT2D eigenvalue weighted by Gasteiger charge is -2.25. The standard InChI is InChI=1S/C16H24BrN3O.2ClH/c1-3-20-9-8-12(11-20)10-19-15(21)16(2,18)13-4-6-14(17)7-5-13;;/h4-7,12H,3,8-11,18H2,1-2H3,(H,19,21);2*1H. The molecule has 4 nitrogen and oxygen atoms in total. The van der Waals surface area contributed by atoms with E-state index in [0.29, 0.717) is 12.5 Å². The monoisotopic (exact) mass is 425 g/mol. The van der Waals surface area contributed by atoms with Crippen LogP contribution in [0.5, 0.6) is 0 Å². The smallest absolute Gasteiger partial charge is 0.244 e. The van der Waals surface area contributed by atoms with Gasteiger partial charge in [-0.25, -0.2) is 0 Å². The highest BCUT2D eigenvalue weighted by Crippen LogP contribution is 2.21. The Kier molecular flexibility index (Phi) is 9.70. The highest BCUT2D eigenvalue weighted by atomic mass is 79.9. The normalized spacial score (nSPS) is 20.1. The summed E-state index contributed by atoms with van der Waals surface area (Å²) in [5.41, 5.74) is 6.06. The number of amides is 1. The quantitative estimate of drug-likeness (QED) is 0.760. The molecule has 1 amide bonds. The van der Waals surface area contributed by atoms with Crippen LogP contribution in [0.4, 0.5) is 0 Å². The largest absolute Gasteiger partial charge is 0.354 e. The zero-order valence-electron chi connectivity index (χ0n) is 13.5. The molecule has 1 saturated heterocycles. The van der Waals surface area contributed by atoms with Crippen LogP contribution in [-0.2, 0) is 10.3 Å². The Morgan fingerprint density at radius 1 is 1.39 bits per heavy atom. The summed E-state index contributed by atoms with van der Waals surface area (Å²) in [4.78, 5) is 14.8. The van der Waals surface area contributed by atoms with E-state index >= 15 is 0 Å². The summed E-state index contributed by atoms with van der Waals surface area (Å²) in [6.45, 7) is 7.92. The van der Waals surface area contributed by atoms with Gasteiger partial charge in [0.1, 0.15) is 5.54 Å². The van der Waals surface area contributed by atoms with E-state index in [1.165, 1.54) is 0 Å². The number of hydrogen-bond acceptors (Lipinski definition) is 3. The molecule has 0 spiro atoms. The number of halogens is 3. The van der Waals surface area contributed by atoms with E-state index in [1.54, 1.807) is 6.92 Å². The van der Waals surface area contributed by atoms with Gasteiger partial charge in [-0.15, -0.1) is 24.8 Å². The van der Waals surface area contributed by atoms with Crippen LogP contribution in [0.15, 0.2) is 28.7 Å². The predicted molar refractivity (Wildman–Crippen MR) is 103 cm³/mol. The van der Waals surface area contributed by atoms with Crippen molar-refractivity contribution in [2.75, 3.05) is 26.2 Å². The number of likely N-dealkylation sites (tertiary alicyclic amines) is 1. The Hall–Kier alpha value is -0.330. The second kappa shape index (κ2) is 9.84. The topological polar surface area (TPSA) is 58.4 Å². The minimum absolute atomic E-state index is 0. The first-order valence-electron chi connectivity index (χ1n) is 7.49. The van der Waals surface area contributed by atoms with Crippen molar-refractivity contribution in [1.82, 2.24) is 10.2 Å². The Labute approximate surface area is 159 Å². The molecular weight excluding hydrogens is 401 g/mol. The van der Waals surface area contributed by atoms with Crippen LogP contribution in [0, 0.1) is 5.92 Å². The lowest BCUT2D eigenvalue weighted by molar-refractivity contribution is -0.126. The molecule has 0 radical (unpaired) electrons. The number of nitrogens with two attached hydrogens (primary N) is 1. The maximum absolute atomic E-state index is 12.4. The van der Waals surface area contributed by atoms with Crippen LogP contribution in [-0.4, -0.2) is 37.0 Å². The number of nitrogens with zero attached hydrogens (tertiary/aromatic N) is 1. The van der Waals surface area contributed by atoms with E-state index in [0.717, 1.165) is 36.1 Å². The fourth-order valence-corrected chi connectivity index (χ4v) is 2.98. The molecule has 0 bridgehead atoms. The van der Waals surface area contributed by atoms with Gasteiger partial charge >= 0.3 is 0 Å². The van der Waals surface area contributed by atoms with Crippen molar-refractivity contribution >= 4 is 46.7 Å². The Morgan fingerprint density at radius 3 is 2.52 bits per heavy atom. The molecule has 2 unspecified atom stereocenters. The average Bonchev–Trinajstić information content (AvgIpc) is 2.93. The van der Waals surface area contributed by atoms with E-state index in [4.69, 9.17) is 5.73 Å². The van der Waals surface area contributed by atoms with Gasteiger partial charge in [0.05, 0.1) is 0 Å². The fourth-order valence-electron chi connectivity index (χ4n) is 2.71. The molecule has 1 aliphatic rings. The van der Waals surface area contributed by atoms with E-state index < -0.39 is 5.54 Å². The van der Waals surface area contributed by atoms with Crippen LogP contribution in [0.25, 0.3) is 0 Å². The first-order chi connectivity index (χ1) is 9.93. The van der Waals surface area contributed by atoms with Crippen molar-refractivity contribution in [3.8, 4) is 0 Å². The summed E-state index contributed by atoms with van der Waals surface area (Å²) in [5.74, 6) is 0.425. The predicted octanol–water partition coefficient (Wildman–Crippen LogP) is 2.92. The molecule has 1 aliphatic heterocycles. The van der Waals surface area contributed by atoms with Gasteiger partial charge in [0.15, 0.2) is 0 Å². The van der Waals surface area contributed by atoms with Crippen molar-refractivity contribution in [1.29, 1.82) is 0 Å². The van der Waals surface area contributed by atoms with E-state index in [1.807, 2.05) is 24.3 Å². The maximum Gasteiger partial charge on any atom is 0.244 e. The van der Waals surface area contributed by atoms with Gasteiger partial charge in [-0.05, 0) is 50.0 Å². The van der Waals surface area contributed by atoms with Gasteiger partial charge in [0, 0.05) is 17.6 Å². The summed E-state index contributed by atoms with van der Waals surface area (Å²) in [6, 6.07) is 7.59. The first kappa shape index (κ1) is 22.7. The Morgan fingerprint density at radius 2 is 2.00 bits per heavy atom. The van der Waals surface area contributed by atoms with Gasteiger partial charge in [0.25, 0.3) is 0 Å². The molecule has 1 aromatic rings. The Balaban J connectivity index is 0.00000242. The number of hydrogen-bond donors (Lipinski definition) is 2. The first-order valence-corrected chi connectivity index (χ1v) is 8.28. The van der Waals surface area contributed by atoms with E-state index in [9.17, 15) is 4.79 Å². The third-order valence-electron chi connectivity index (χ3n) is 4.28. The van der Waals surface area contributed by atoms with Crippen LogP contribution >= 0.6 is 40.7 Å². The molecule has 1 fully saturated rings. The average molecular weight is 427 g/mol. The lowest BCUT2D eigenvalue weighted by atomic mass is 9.92. The van der Waals surface area contributed by atoms with Crippen LogP contribution < -0.4 is 11.1 Å². The second-order valence-electron chi connectivity index (χ2n) is 5.97. The van der Waals surface area contributed by atoms with Crippen molar-refractivity contribution in [2.24, 2.45) is 11.7 Å². The van der Waals surface area contributed by atoms with Crippen LogP contribution in [0.2, 0.25) is 0 Å². The SMILES string of the molecule is CCN1CCC(CNC(=O)C(C)(N)c2ccc(Br)cc2)C1.Cl.Cl. The summed E-state index contributed by atoms with van der Waals surface area (Å²) >= 11 is 3.39. The second-order valence-corrected chi connectivity index (χ2v) is 6.88. The summed E-state index contributed by atoms with van der Waals surface area (Å²) in [5, 5.41) is 3.02. The molecule has 3 N–H and O–H groups in total. The minimum Gasteiger partial charge on any atom is -0.354 e. The minimum atomic E-state index is -0.996. The van der Waals surface area contributed by atoms with E-state index in [-0.39, 0.29) is 30.7 Å². The molecule has 2 rings (SSSR count). The third kappa shape index (κ3) is 5.91. The molecule has 23 heavy (non-hydrogen) atoms. The zero-order valence-corrected chi connectivity index (χ0v) is 16.8. The molecule has 1 heterocycles. The van der Waals surface area contributed by atoms with Crippen LogP contribution in [0.3, 0.4) is 0 Å². The maximum atomic E-state index is 12.4. The number of carbonyl (C=O) groups excluding carboxylic acids is 1. The zero-order chi connectivity index (χ0) is 15.5. The van der Waals surface area contributed by atoms with Crippen molar-refractivity contribution in [2.45, 2.75) is 25.8 Å². The summed E-state index contributed by atoms with van der Waals surface area (Å²) in [6.07, 6.45) is 1.15. The molecule has 1 aromatic carbocycles. The van der Waals surface area contributed by atoms with Gasteiger partial charge in [-0.3, -0.25) is 4.79 Å². The number of nitrogens with one attached hydrogen (secondary N) is 1. The van der Waals surface area contributed by atoms with Crippen molar-refractivity contribution < 1.29 is 4.79 Å². The molecule has 0 aromatic heterocycles. The van der Waals surface area contributed by atoms with Gasteiger partial charge < -0.3 is 16.0 Å². The van der Waals surface area contributed by atoms with Gasteiger partial charge in [0.2, 0.25) is 5.91 Å². The molecule has 132 valence electrons. The molecule has 0 saturated carbocycles. The third-order valence-corrected chi connectivity index (χ3v) is 4.81.